The van der Waals surface area contributed by atoms with Crippen LogP contribution >= 0.6 is 34.0 Å². The molecule has 0 bridgehead atoms. The Morgan fingerprint density at radius 1 is 0.944 bits per heavy atom. The summed E-state index contributed by atoms with van der Waals surface area (Å²) in [6.45, 7) is 0. The van der Waals surface area contributed by atoms with Crippen LogP contribution in [0.5, 0.6) is 0 Å². The summed E-state index contributed by atoms with van der Waals surface area (Å²) < 4.78 is 0. The Kier molecular flexibility index (Phi) is 3.03. The van der Waals surface area contributed by atoms with Crippen LogP contribution in [0.3, 0.4) is 0 Å². The molecular formula is C13H8O2S3. The maximum Gasteiger partial charge on any atom is 0.337 e. The number of carbonyl (C=O) groups is 1. The molecule has 3 rings (SSSR count). The van der Waals surface area contributed by atoms with Gasteiger partial charge in [0.2, 0.25) is 0 Å². The quantitative estimate of drug-likeness (QED) is 0.745. The van der Waals surface area contributed by atoms with Crippen LogP contribution in [0.15, 0.2) is 41.1 Å². The van der Waals surface area contributed by atoms with E-state index >= 15 is 0 Å². The molecule has 0 aliphatic carbocycles. The van der Waals surface area contributed by atoms with Gasteiger partial charge in [-0.25, -0.2) is 4.79 Å². The van der Waals surface area contributed by atoms with Crippen molar-refractivity contribution in [2.45, 2.75) is 0 Å². The van der Waals surface area contributed by atoms with E-state index in [4.69, 9.17) is 5.11 Å². The number of rotatable bonds is 3. The van der Waals surface area contributed by atoms with Crippen LogP contribution in [0.4, 0.5) is 0 Å². The number of hydrogen-bond donors (Lipinski definition) is 1. The van der Waals surface area contributed by atoms with E-state index in [2.05, 4.69) is 12.1 Å². The van der Waals surface area contributed by atoms with Crippen molar-refractivity contribution in [3.63, 3.8) is 0 Å². The molecule has 3 aromatic rings. The molecule has 18 heavy (non-hydrogen) atoms. The van der Waals surface area contributed by atoms with E-state index < -0.39 is 5.97 Å². The third kappa shape index (κ3) is 2.01. The predicted octanol–water partition coefficient (Wildman–Crippen LogP) is 4.90. The zero-order chi connectivity index (χ0) is 12.5. The minimum absolute atomic E-state index is 0.388. The van der Waals surface area contributed by atoms with E-state index in [9.17, 15) is 4.79 Å². The highest BCUT2D eigenvalue weighted by atomic mass is 32.1. The summed E-state index contributed by atoms with van der Waals surface area (Å²) in [6, 6.07) is 9.81. The maximum atomic E-state index is 11.1. The van der Waals surface area contributed by atoms with Crippen molar-refractivity contribution in [2.75, 3.05) is 0 Å². The largest absolute Gasteiger partial charge is 0.478 e. The van der Waals surface area contributed by atoms with Gasteiger partial charge in [-0.2, -0.15) is 0 Å². The van der Waals surface area contributed by atoms with E-state index in [0.717, 1.165) is 9.75 Å². The van der Waals surface area contributed by atoms with Crippen molar-refractivity contribution in [2.24, 2.45) is 0 Å². The summed E-state index contributed by atoms with van der Waals surface area (Å²) in [5.41, 5.74) is 0.388. The van der Waals surface area contributed by atoms with E-state index in [1.807, 2.05) is 22.9 Å². The summed E-state index contributed by atoms with van der Waals surface area (Å²) in [7, 11) is 0. The van der Waals surface area contributed by atoms with Gasteiger partial charge >= 0.3 is 5.97 Å². The van der Waals surface area contributed by atoms with Crippen LogP contribution in [0, 0.1) is 0 Å². The van der Waals surface area contributed by atoms with Crippen LogP contribution in [0.1, 0.15) is 10.4 Å². The Hall–Kier alpha value is -1.43. The number of aromatic carboxylic acids is 1. The van der Waals surface area contributed by atoms with Gasteiger partial charge < -0.3 is 5.11 Å². The molecule has 0 atom stereocenters. The lowest BCUT2D eigenvalue weighted by Gasteiger charge is -1.95. The van der Waals surface area contributed by atoms with E-state index in [1.165, 1.54) is 21.1 Å². The van der Waals surface area contributed by atoms with Gasteiger partial charge in [-0.05, 0) is 35.0 Å². The molecule has 90 valence electrons. The third-order valence-electron chi connectivity index (χ3n) is 2.49. The number of thiophene rings is 3. The summed E-state index contributed by atoms with van der Waals surface area (Å²) >= 11 is 4.81. The second-order valence-electron chi connectivity index (χ2n) is 3.61. The monoisotopic (exact) mass is 292 g/mol. The first kappa shape index (κ1) is 11.6. The number of hydrogen-bond acceptors (Lipinski definition) is 4. The molecule has 5 heteroatoms. The van der Waals surface area contributed by atoms with Crippen LogP contribution < -0.4 is 0 Å². The van der Waals surface area contributed by atoms with Crippen LogP contribution in [-0.4, -0.2) is 11.1 Å². The fraction of sp³-hybridized carbons (Fsp3) is 0. The number of carboxylic acid groups (broad SMARTS) is 1. The fourth-order valence-corrected chi connectivity index (χ4v) is 4.55. The lowest BCUT2D eigenvalue weighted by atomic mass is 10.2. The highest BCUT2D eigenvalue weighted by Gasteiger charge is 2.15. The Morgan fingerprint density at radius 3 is 2.50 bits per heavy atom. The molecule has 0 saturated heterocycles. The molecular weight excluding hydrogens is 284 g/mol. The zero-order valence-electron chi connectivity index (χ0n) is 9.12. The van der Waals surface area contributed by atoms with Crippen molar-refractivity contribution in [3.05, 3.63) is 46.7 Å². The maximum absolute atomic E-state index is 11.1. The van der Waals surface area contributed by atoms with Crippen molar-refractivity contribution >= 4 is 40.0 Å². The molecule has 3 heterocycles. The zero-order valence-corrected chi connectivity index (χ0v) is 11.6. The van der Waals surface area contributed by atoms with E-state index in [0.29, 0.717) is 5.56 Å². The van der Waals surface area contributed by atoms with Gasteiger partial charge in [0.1, 0.15) is 0 Å². The Morgan fingerprint density at radius 2 is 1.78 bits per heavy atom. The van der Waals surface area contributed by atoms with Gasteiger partial charge in [-0.1, -0.05) is 6.07 Å². The molecule has 0 saturated carbocycles. The molecule has 0 aliphatic rings. The van der Waals surface area contributed by atoms with Crippen molar-refractivity contribution in [1.29, 1.82) is 0 Å². The summed E-state index contributed by atoms with van der Waals surface area (Å²) in [6.07, 6.45) is 0. The molecule has 0 unspecified atom stereocenters. The second-order valence-corrected chi connectivity index (χ2v) is 6.56. The minimum atomic E-state index is -0.864. The van der Waals surface area contributed by atoms with Crippen LogP contribution in [0.2, 0.25) is 0 Å². The molecule has 0 aliphatic heterocycles. The SMILES string of the molecule is O=C(O)c1ccsc1-c1ccc(-c2cccs2)s1. The lowest BCUT2D eigenvalue weighted by Crippen LogP contribution is -1.94. The highest BCUT2D eigenvalue weighted by Crippen LogP contribution is 2.39. The lowest BCUT2D eigenvalue weighted by molar-refractivity contribution is 0.0698. The van der Waals surface area contributed by atoms with Crippen molar-refractivity contribution < 1.29 is 9.90 Å². The standard InChI is InChI=1S/C13H8O2S3/c14-13(15)8-5-7-17-12(8)11-4-3-10(18-11)9-2-1-6-16-9/h1-7H,(H,14,15). The highest BCUT2D eigenvalue weighted by molar-refractivity contribution is 7.25. The molecule has 0 fully saturated rings. The number of carboxylic acids is 1. The summed E-state index contributed by atoms with van der Waals surface area (Å²) in [4.78, 5) is 15.4. The molecule has 0 aromatic carbocycles. The topological polar surface area (TPSA) is 37.3 Å². The second kappa shape index (κ2) is 4.68. The molecule has 0 radical (unpaired) electrons. The third-order valence-corrected chi connectivity index (χ3v) is 5.73. The summed E-state index contributed by atoms with van der Waals surface area (Å²) in [5.74, 6) is -0.864. The van der Waals surface area contributed by atoms with E-state index in [1.54, 1.807) is 28.7 Å². The fourth-order valence-electron chi connectivity index (χ4n) is 1.68. The minimum Gasteiger partial charge on any atom is -0.478 e. The van der Waals surface area contributed by atoms with Crippen LogP contribution in [-0.2, 0) is 0 Å². The molecule has 2 nitrogen and oxygen atoms in total. The average molecular weight is 292 g/mol. The van der Waals surface area contributed by atoms with E-state index in [-0.39, 0.29) is 0 Å². The van der Waals surface area contributed by atoms with Crippen molar-refractivity contribution in [1.82, 2.24) is 0 Å². The first-order valence-electron chi connectivity index (χ1n) is 5.20. The molecule has 0 amide bonds. The average Bonchev–Trinajstić information content (AvgIpc) is 3.10. The molecule has 0 spiro atoms. The van der Waals surface area contributed by atoms with Crippen LogP contribution in [0.25, 0.3) is 19.5 Å². The predicted molar refractivity (Wildman–Crippen MR) is 77.9 cm³/mol. The Balaban J connectivity index is 2.03. The molecule has 1 N–H and O–H groups in total. The summed E-state index contributed by atoms with van der Waals surface area (Å²) in [5, 5.41) is 13.0. The van der Waals surface area contributed by atoms with Gasteiger partial charge in [0, 0.05) is 14.6 Å². The normalized spacial score (nSPS) is 10.7. The first-order valence-corrected chi connectivity index (χ1v) is 7.78. The Labute approximate surface area is 116 Å². The molecule has 3 aromatic heterocycles. The Bertz CT molecular complexity index is 677. The van der Waals surface area contributed by atoms with Gasteiger partial charge in [0.05, 0.1) is 10.4 Å². The van der Waals surface area contributed by atoms with Gasteiger partial charge in [-0.15, -0.1) is 34.0 Å². The smallest absolute Gasteiger partial charge is 0.337 e. The van der Waals surface area contributed by atoms with Crippen molar-refractivity contribution in [3.8, 4) is 19.5 Å². The van der Waals surface area contributed by atoms with Gasteiger partial charge in [0.25, 0.3) is 0 Å². The van der Waals surface area contributed by atoms with Gasteiger partial charge in [0.15, 0.2) is 0 Å². The van der Waals surface area contributed by atoms with Gasteiger partial charge in [-0.3, -0.25) is 0 Å². The first-order chi connectivity index (χ1) is 8.75.